The fourth-order valence-corrected chi connectivity index (χ4v) is 26.4. The summed E-state index contributed by atoms with van der Waals surface area (Å²) in [5, 5.41) is 43.2. The number of rotatable bonds is 14. The van der Waals surface area contributed by atoms with Crippen molar-refractivity contribution in [3.63, 3.8) is 0 Å². The first-order chi connectivity index (χ1) is 69.4. The van der Waals surface area contributed by atoms with E-state index in [-0.39, 0.29) is 132 Å². The molecule has 740 valence electrons. The summed E-state index contributed by atoms with van der Waals surface area (Å²) in [7, 11) is -5.99. The molecular formula is C119H104BBr6K2N6O12PS. The van der Waals surface area contributed by atoms with Gasteiger partial charge in [-0.05, 0) is 190 Å². The quantitative estimate of drug-likeness (QED) is 0.0150. The molecule has 0 amide bonds. The van der Waals surface area contributed by atoms with Gasteiger partial charge < -0.3 is 44.2 Å². The summed E-state index contributed by atoms with van der Waals surface area (Å²) in [6.07, 6.45) is 0.477. The molecule has 29 heteroatoms. The molecule has 5 aromatic heterocycles. The van der Waals surface area contributed by atoms with E-state index in [4.69, 9.17) is 56.4 Å². The molecule has 0 bridgehead atoms. The van der Waals surface area contributed by atoms with E-state index in [2.05, 4.69) is 377 Å². The number of halogens is 6. The Morgan fingerprint density at radius 3 is 0.919 bits per heavy atom. The molecule has 0 unspecified atom stereocenters. The van der Waals surface area contributed by atoms with Gasteiger partial charge in [0.15, 0.2) is 17.3 Å². The van der Waals surface area contributed by atoms with Crippen molar-refractivity contribution < 1.29 is 160 Å². The SMILES string of the molecule is Brc1ccc2c(c1)c1cc(Br)ccc1n2-c1cccc(-c2nc(-c3ccccc3)c(-c3ccccc3)o2)c1.Brc1ccc2c(c1)c1cc(Br)ccc1n2-c1cccc(-c2nc(-c3ccccc3)c(-c3ccccc3)o2)c1.C.CC(C)(C)P(C(C)(C)C)C(C)(C)C.N#Cc1cccc(-n2c3ccc(Br)cc3c3cc(Br)ccc32)c1.O=C(Cc1ccccc1)c1ccccc1.O=CO[O-].O=S(=O)(O)O.OB(O)c1ccccc1.[H-].[K+].[K+]. The van der Waals surface area contributed by atoms with E-state index in [1.54, 1.807) is 24.3 Å². The van der Waals surface area contributed by atoms with Crippen LogP contribution in [0.4, 0.5) is 0 Å². The maximum absolute atomic E-state index is 11.8. The van der Waals surface area contributed by atoms with Crippen molar-refractivity contribution >= 4 is 204 Å². The Bertz CT molecular complexity index is 7650. The van der Waals surface area contributed by atoms with Gasteiger partial charge in [-0.3, -0.25) is 18.7 Å². The van der Waals surface area contributed by atoms with Crippen molar-refractivity contribution in [3.05, 3.63) is 438 Å². The monoisotopic (exact) mass is 2430 g/mol. The Kier molecular flexibility index (Phi) is 43.7. The van der Waals surface area contributed by atoms with Crippen LogP contribution < -0.4 is 113 Å². The Labute approximate surface area is 1000 Å². The number of benzene rings is 16. The number of nitriles is 1. The van der Waals surface area contributed by atoms with Crippen LogP contribution in [0.25, 0.3) is 151 Å². The molecule has 18 nitrogen and oxygen atoms in total. The van der Waals surface area contributed by atoms with Crippen molar-refractivity contribution in [2.75, 3.05) is 0 Å². The fourth-order valence-electron chi connectivity index (χ4n) is 18.2. The van der Waals surface area contributed by atoms with Crippen LogP contribution in [-0.4, -0.2) is 86.1 Å². The Hall–Kier alpha value is -9.63. The maximum atomic E-state index is 11.8. The summed E-state index contributed by atoms with van der Waals surface area (Å²) in [6, 6.07) is 134. The standard InChI is InChI=1S/2C33H20Br2N2O.C19H10Br2N2.C14H12O.C12H27P.C6H7BO2.CH2O3.CH4.2K.H2O4S.H/c2*34-24-14-16-29-27(19-24)28-20-25(35)15-17-30(28)37(29)26-13-7-12-23(18-26)33-36-31(21-8-3-1-4-9-21)32(38-33)22-10-5-2-6-11-22;20-13-4-6-18-16(9-13)17-10-14(21)5-7-19(17)23(18)15-3-1-2-12(8-15)11-22;15-14(13-9-5-2-6-10-13)11-12-7-3-1-4-8-12;1-10(2,3)13(11(4,5)6)12(7,8)9;8-7(9)6-4-2-1-3-5-6;2-1-4-3;;;;1-5(2,3)4;/h2*1-20H;1-10H;1-10H,11H2;1-9H3;1-5,8-9H;1,3H;1H4;;;(H2,1,2,3,4);/q;;;;;;;;2*+1;;-1/p-1. The van der Waals surface area contributed by atoms with Crippen molar-refractivity contribution in [3.8, 4) is 91.2 Å². The second-order valence-corrected chi connectivity index (χ2v) is 47.4. The summed E-state index contributed by atoms with van der Waals surface area (Å²) in [6.45, 7) is 21.3. The fraction of sp³-hybridized carbons (Fsp3) is 0.118. The molecule has 0 radical (unpaired) electrons. The third-order valence-electron chi connectivity index (χ3n) is 22.9. The number of carbonyl (C=O) groups excluding carboxylic acids is 2. The van der Waals surface area contributed by atoms with Crippen molar-refractivity contribution in [1.29, 1.82) is 5.26 Å². The van der Waals surface area contributed by atoms with Gasteiger partial charge in [-0.1, -0.05) is 404 Å². The number of fused-ring (bicyclic) bond motifs is 9. The largest absolute Gasteiger partial charge is 1.00 e. The predicted molar refractivity (Wildman–Crippen MR) is 619 cm³/mol. The third-order valence-corrected chi connectivity index (χ3v) is 29.9. The van der Waals surface area contributed by atoms with Crippen LogP contribution in [0.15, 0.2) is 430 Å². The predicted octanol–water partition coefficient (Wildman–Crippen LogP) is 26.7. The first-order valence-corrected chi connectivity index (χ1v) is 53.3. The molecule has 0 aliphatic rings. The first kappa shape index (κ1) is 119. The molecule has 0 saturated carbocycles. The molecule has 0 aliphatic carbocycles. The number of carbonyl (C=O) groups is 2. The van der Waals surface area contributed by atoms with Crippen molar-refractivity contribution in [1.82, 2.24) is 23.7 Å². The zero-order valence-electron chi connectivity index (χ0n) is 83.3. The van der Waals surface area contributed by atoms with Gasteiger partial charge in [0.1, 0.15) is 11.4 Å². The minimum Gasteiger partial charge on any atom is -1.00 e. The number of aromatic nitrogens is 5. The molecule has 5 heterocycles. The Morgan fingerprint density at radius 2 is 0.655 bits per heavy atom. The molecule has 0 aliphatic heterocycles. The van der Waals surface area contributed by atoms with E-state index in [1.807, 2.05) is 176 Å². The summed E-state index contributed by atoms with van der Waals surface area (Å²) in [4.78, 5) is 33.1. The minimum atomic E-state index is -4.67. The van der Waals surface area contributed by atoms with Gasteiger partial charge in [-0.2, -0.15) is 13.7 Å². The number of Topliss-reactive ketones (excluding diaryl/α,β-unsaturated/α-hetero) is 1. The summed E-state index contributed by atoms with van der Waals surface area (Å²) >= 11 is 21.7. The van der Waals surface area contributed by atoms with Gasteiger partial charge in [0, 0.05) is 122 Å². The molecule has 21 aromatic rings. The number of oxazole rings is 2. The first-order valence-electron chi connectivity index (χ1n) is 45.8. The molecular weight excluding hydrogens is 2340 g/mol. The minimum absolute atomic E-state index is 0. The third kappa shape index (κ3) is 31.1. The molecule has 148 heavy (non-hydrogen) atoms. The molecule has 21 rings (SSSR count). The Balaban J connectivity index is 0.000000190. The van der Waals surface area contributed by atoms with E-state index >= 15 is 0 Å². The average molecular weight is 2440 g/mol. The van der Waals surface area contributed by atoms with Crippen LogP contribution in [0.1, 0.15) is 92.7 Å². The van der Waals surface area contributed by atoms with Crippen LogP contribution in [0.5, 0.6) is 0 Å². The summed E-state index contributed by atoms with van der Waals surface area (Å²) < 4.78 is 57.7. The molecule has 16 aromatic carbocycles. The maximum Gasteiger partial charge on any atom is 1.00 e. The van der Waals surface area contributed by atoms with E-state index in [0.29, 0.717) is 44.7 Å². The zero-order chi connectivity index (χ0) is 103. The number of hydrogen-bond donors (Lipinski definition) is 4. The second kappa shape index (κ2) is 54.6. The Morgan fingerprint density at radius 1 is 0.399 bits per heavy atom. The van der Waals surface area contributed by atoms with Crippen molar-refractivity contribution in [2.24, 2.45) is 0 Å². The van der Waals surface area contributed by atoms with Crippen molar-refractivity contribution in [2.45, 2.75) is 91.6 Å². The molecule has 4 N–H and O–H groups in total. The van der Waals surface area contributed by atoms with Crippen LogP contribution in [-0.2, 0) is 26.5 Å². The van der Waals surface area contributed by atoms with Gasteiger partial charge in [0.2, 0.25) is 11.8 Å². The smallest absolute Gasteiger partial charge is 1.00 e. The number of ketones is 1. The van der Waals surface area contributed by atoms with E-state index in [9.17, 15) is 10.1 Å². The topological polar surface area (TPSA) is 272 Å². The van der Waals surface area contributed by atoms with E-state index < -0.39 is 17.5 Å². The molecule has 0 spiro atoms. The van der Waals surface area contributed by atoms with Gasteiger partial charge >= 0.3 is 120 Å². The van der Waals surface area contributed by atoms with Crippen LogP contribution in [0.3, 0.4) is 0 Å². The van der Waals surface area contributed by atoms with Gasteiger partial charge in [-0.15, -0.1) is 0 Å². The van der Waals surface area contributed by atoms with E-state index in [1.165, 1.54) is 32.3 Å². The van der Waals surface area contributed by atoms with Crippen LogP contribution in [0.2, 0.25) is 0 Å². The second-order valence-electron chi connectivity index (χ2n) is 36.3. The molecule has 0 fully saturated rings. The molecule has 0 saturated heterocycles. The number of hydrogen-bond acceptors (Lipinski definition) is 13. The van der Waals surface area contributed by atoms with Gasteiger partial charge in [0.25, 0.3) is 6.47 Å². The number of nitrogens with zero attached hydrogens (tertiary/aromatic N) is 6. The summed E-state index contributed by atoms with van der Waals surface area (Å²) in [5.41, 5.74) is 20.5. The van der Waals surface area contributed by atoms with Crippen LogP contribution >= 0.6 is 104 Å². The average Bonchev–Trinajstić information content (AvgIpc) is 1.60. The normalized spacial score (nSPS) is 11.0. The van der Waals surface area contributed by atoms with E-state index in [0.717, 1.165) is 144 Å². The summed E-state index contributed by atoms with van der Waals surface area (Å²) in [5.74, 6) is 2.89. The van der Waals surface area contributed by atoms with Gasteiger partial charge in [-0.25, -0.2) is 9.97 Å². The van der Waals surface area contributed by atoms with Gasteiger partial charge in [0.05, 0.1) is 44.7 Å². The molecule has 0 atom stereocenters. The zero-order valence-corrected chi connectivity index (χ0v) is 99.7. The van der Waals surface area contributed by atoms with Crippen LogP contribution in [0, 0.1) is 11.3 Å².